The lowest BCUT2D eigenvalue weighted by Crippen LogP contribution is -3.00. The van der Waals surface area contributed by atoms with Gasteiger partial charge in [0, 0.05) is 17.2 Å². The van der Waals surface area contributed by atoms with Crippen LogP contribution < -0.4 is 21.5 Å². The van der Waals surface area contributed by atoms with Crippen molar-refractivity contribution in [3.63, 3.8) is 0 Å². The van der Waals surface area contributed by atoms with Gasteiger partial charge in [0.2, 0.25) is 5.78 Å². The summed E-state index contributed by atoms with van der Waals surface area (Å²) in [4.78, 5) is 17.3. The Morgan fingerprint density at radius 2 is 1.34 bits per heavy atom. The van der Waals surface area contributed by atoms with E-state index in [1.165, 1.54) is 11.1 Å². The van der Waals surface area contributed by atoms with E-state index in [1.54, 1.807) is 6.33 Å². The van der Waals surface area contributed by atoms with Crippen molar-refractivity contribution < 1.29 is 26.3 Å². The van der Waals surface area contributed by atoms with Crippen molar-refractivity contribution in [2.24, 2.45) is 0 Å². The molecule has 3 nitrogen and oxygen atoms in total. The zero-order chi connectivity index (χ0) is 21.0. The van der Waals surface area contributed by atoms with Crippen LogP contribution in [-0.4, -0.2) is 10.8 Å². The molecule has 0 amide bonds. The first-order valence-electron chi connectivity index (χ1n) is 10.3. The number of halogens is 1. The minimum atomic E-state index is 0. The van der Waals surface area contributed by atoms with Crippen molar-refractivity contribution in [2.75, 3.05) is 0 Å². The van der Waals surface area contributed by atoms with Crippen LogP contribution >= 0.6 is 0 Å². The number of carbonyl (C=O) groups is 1. The number of benzene rings is 4. The number of ketones is 1. The van der Waals surface area contributed by atoms with E-state index in [1.807, 2.05) is 77.5 Å². The first-order chi connectivity index (χ1) is 15.3. The molecule has 4 heteroatoms. The fourth-order valence-electron chi connectivity index (χ4n) is 3.73. The SMILES string of the molecule is O=C(C[n+]1ccc(-c2ccc(-c3ccccc3)cc2)nc1)c1ccc2ccccc2c1.[Br-]. The van der Waals surface area contributed by atoms with E-state index >= 15 is 0 Å². The molecule has 0 N–H and O–H groups in total. The molecule has 4 aromatic carbocycles. The molecule has 0 aliphatic carbocycles. The highest BCUT2D eigenvalue weighted by atomic mass is 79.9. The summed E-state index contributed by atoms with van der Waals surface area (Å²) in [7, 11) is 0. The summed E-state index contributed by atoms with van der Waals surface area (Å²) in [5.74, 6) is 0.0671. The number of Topliss-reactive ketones (excluding diaryl/α,β-unsaturated/α-hetero) is 1. The molecule has 0 atom stereocenters. The minimum Gasteiger partial charge on any atom is -1.00 e. The van der Waals surface area contributed by atoms with Gasteiger partial charge < -0.3 is 17.0 Å². The molecule has 5 aromatic rings. The van der Waals surface area contributed by atoms with E-state index in [0.29, 0.717) is 5.56 Å². The van der Waals surface area contributed by atoms with Gasteiger partial charge in [-0.3, -0.25) is 4.79 Å². The van der Waals surface area contributed by atoms with Crippen LogP contribution in [-0.2, 0) is 6.54 Å². The summed E-state index contributed by atoms with van der Waals surface area (Å²) in [6, 6.07) is 34.5. The molecule has 0 saturated heterocycles. The van der Waals surface area contributed by atoms with Crippen LogP contribution in [0.15, 0.2) is 116 Å². The molecule has 5 rings (SSSR count). The Kier molecular flexibility index (Phi) is 6.52. The lowest BCUT2D eigenvalue weighted by Gasteiger charge is -2.04. The highest BCUT2D eigenvalue weighted by Crippen LogP contribution is 2.23. The largest absolute Gasteiger partial charge is 1.00 e. The van der Waals surface area contributed by atoms with Crippen LogP contribution in [0, 0.1) is 0 Å². The van der Waals surface area contributed by atoms with Gasteiger partial charge in [-0.05, 0) is 45.1 Å². The van der Waals surface area contributed by atoms with Gasteiger partial charge in [0.05, 0.1) is 6.20 Å². The maximum absolute atomic E-state index is 12.7. The molecule has 0 fully saturated rings. The lowest BCUT2D eigenvalue weighted by molar-refractivity contribution is -0.686. The normalized spacial score (nSPS) is 10.5. The summed E-state index contributed by atoms with van der Waals surface area (Å²) >= 11 is 0. The van der Waals surface area contributed by atoms with Crippen LogP contribution in [0.2, 0.25) is 0 Å². The smallest absolute Gasteiger partial charge is 0.287 e. The van der Waals surface area contributed by atoms with Gasteiger partial charge >= 0.3 is 0 Å². The molecular weight excluding hydrogens is 460 g/mol. The molecule has 1 heterocycles. The maximum Gasteiger partial charge on any atom is 0.287 e. The van der Waals surface area contributed by atoms with Crippen LogP contribution in [0.5, 0.6) is 0 Å². The number of aromatic nitrogens is 2. The molecule has 0 aliphatic heterocycles. The average molecular weight is 481 g/mol. The quantitative estimate of drug-likeness (QED) is 0.286. The average Bonchev–Trinajstić information content (AvgIpc) is 2.85. The summed E-state index contributed by atoms with van der Waals surface area (Å²) in [5, 5.41) is 2.21. The fourth-order valence-corrected chi connectivity index (χ4v) is 3.73. The van der Waals surface area contributed by atoms with Gasteiger partial charge in [0.25, 0.3) is 6.33 Å². The van der Waals surface area contributed by atoms with Crippen molar-refractivity contribution in [3.8, 4) is 22.4 Å². The molecule has 1 aromatic heterocycles. The van der Waals surface area contributed by atoms with E-state index in [9.17, 15) is 4.79 Å². The number of fused-ring (bicyclic) bond motifs is 1. The van der Waals surface area contributed by atoms with Gasteiger partial charge in [0.15, 0.2) is 12.2 Å². The number of nitrogens with zero attached hydrogens (tertiary/aromatic N) is 2. The van der Waals surface area contributed by atoms with Crippen LogP contribution in [0.25, 0.3) is 33.2 Å². The third kappa shape index (κ3) is 4.66. The Labute approximate surface area is 197 Å². The van der Waals surface area contributed by atoms with Crippen molar-refractivity contribution >= 4 is 16.6 Å². The second-order valence-corrected chi connectivity index (χ2v) is 7.55. The predicted molar refractivity (Wildman–Crippen MR) is 124 cm³/mol. The fraction of sp³-hybridized carbons (Fsp3) is 0.0357. The number of carbonyl (C=O) groups excluding carboxylic acids is 1. The van der Waals surface area contributed by atoms with E-state index in [4.69, 9.17) is 0 Å². The number of rotatable bonds is 5. The molecule has 0 radical (unpaired) electrons. The molecule has 0 aliphatic rings. The van der Waals surface area contributed by atoms with Crippen LogP contribution in [0.4, 0.5) is 0 Å². The van der Waals surface area contributed by atoms with Crippen molar-refractivity contribution in [1.82, 2.24) is 4.98 Å². The van der Waals surface area contributed by atoms with E-state index in [2.05, 4.69) is 41.4 Å². The summed E-state index contributed by atoms with van der Waals surface area (Å²) in [5.41, 5.74) is 5.02. The Bertz CT molecular complexity index is 1350. The molecule has 0 bridgehead atoms. The van der Waals surface area contributed by atoms with Crippen LogP contribution in [0.1, 0.15) is 10.4 Å². The topological polar surface area (TPSA) is 33.8 Å². The summed E-state index contributed by atoms with van der Waals surface area (Å²) < 4.78 is 1.82. The van der Waals surface area contributed by atoms with E-state index < -0.39 is 0 Å². The first-order valence-corrected chi connectivity index (χ1v) is 10.3. The zero-order valence-electron chi connectivity index (χ0n) is 17.4. The summed E-state index contributed by atoms with van der Waals surface area (Å²) in [6.07, 6.45) is 3.63. The third-order valence-electron chi connectivity index (χ3n) is 5.45. The van der Waals surface area contributed by atoms with Gasteiger partial charge in [-0.2, -0.15) is 0 Å². The van der Waals surface area contributed by atoms with Crippen molar-refractivity contribution in [1.29, 1.82) is 0 Å². The molecule has 156 valence electrons. The van der Waals surface area contributed by atoms with Gasteiger partial charge in [-0.25, -0.2) is 4.57 Å². The minimum absolute atomic E-state index is 0. The maximum atomic E-state index is 12.7. The predicted octanol–water partition coefficient (Wildman–Crippen LogP) is 2.74. The standard InChI is InChI=1S/C28H21N2O.BrH/c31-28(26-15-12-22-8-4-5-9-25(22)18-26)19-30-17-16-27(29-20-30)24-13-10-23(11-14-24)21-6-2-1-3-7-21;/h1-18,20H,19H2;1H/q+1;/p-1. The van der Waals surface area contributed by atoms with Gasteiger partial charge in [0.1, 0.15) is 0 Å². The summed E-state index contributed by atoms with van der Waals surface area (Å²) in [6.45, 7) is 0.262. The molecule has 0 unspecified atom stereocenters. The Balaban J connectivity index is 0.00000245. The molecule has 0 saturated carbocycles. The first kappa shape index (κ1) is 21.6. The van der Waals surface area contributed by atoms with Gasteiger partial charge in [-0.1, -0.05) is 78.9 Å². The number of hydrogen-bond acceptors (Lipinski definition) is 2. The second kappa shape index (κ2) is 9.67. The lowest BCUT2D eigenvalue weighted by atomic mass is 10.0. The van der Waals surface area contributed by atoms with E-state index in [0.717, 1.165) is 22.0 Å². The Morgan fingerprint density at radius 1 is 0.688 bits per heavy atom. The van der Waals surface area contributed by atoms with Crippen LogP contribution in [0.3, 0.4) is 0 Å². The monoisotopic (exact) mass is 480 g/mol. The number of hydrogen-bond donors (Lipinski definition) is 0. The zero-order valence-corrected chi connectivity index (χ0v) is 18.9. The van der Waals surface area contributed by atoms with Crippen molar-refractivity contribution in [3.05, 3.63) is 121 Å². The highest BCUT2D eigenvalue weighted by molar-refractivity contribution is 5.99. The van der Waals surface area contributed by atoms with Gasteiger partial charge in [-0.15, -0.1) is 0 Å². The Hall–Kier alpha value is -3.63. The third-order valence-corrected chi connectivity index (χ3v) is 5.45. The molecule has 32 heavy (non-hydrogen) atoms. The molecular formula is C28H21BrN2O. The highest BCUT2D eigenvalue weighted by Gasteiger charge is 2.12. The van der Waals surface area contributed by atoms with Crippen molar-refractivity contribution in [2.45, 2.75) is 6.54 Å². The van der Waals surface area contributed by atoms with E-state index in [-0.39, 0.29) is 29.3 Å². The second-order valence-electron chi connectivity index (χ2n) is 7.55. The Morgan fingerprint density at radius 3 is 2.06 bits per heavy atom. The molecule has 0 spiro atoms.